The third-order valence-corrected chi connectivity index (χ3v) is 4.00. The van der Waals surface area contributed by atoms with E-state index in [1.54, 1.807) is 13.4 Å². The van der Waals surface area contributed by atoms with Crippen molar-refractivity contribution in [3.05, 3.63) is 66.1 Å². The number of halogens is 1. The van der Waals surface area contributed by atoms with E-state index >= 15 is 0 Å². The van der Waals surface area contributed by atoms with E-state index in [9.17, 15) is 0 Å². The minimum absolute atomic E-state index is 0.189. The SMILES string of the molecule is COc1ccc(Nc2nc(Cl)nc3ccc(-c4ccco4)cc23)cc1. The van der Waals surface area contributed by atoms with Crippen LogP contribution in [0, 0.1) is 0 Å². The monoisotopic (exact) mass is 351 g/mol. The molecule has 0 atom stereocenters. The van der Waals surface area contributed by atoms with Crippen molar-refractivity contribution in [2.75, 3.05) is 12.4 Å². The van der Waals surface area contributed by atoms with Crippen LogP contribution in [0.2, 0.25) is 5.28 Å². The van der Waals surface area contributed by atoms with Crippen molar-refractivity contribution in [3.8, 4) is 17.1 Å². The van der Waals surface area contributed by atoms with Crippen molar-refractivity contribution in [2.45, 2.75) is 0 Å². The van der Waals surface area contributed by atoms with Crippen molar-refractivity contribution in [1.82, 2.24) is 9.97 Å². The van der Waals surface area contributed by atoms with Gasteiger partial charge in [0.25, 0.3) is 0 Å². The predicted octanol–water partition coefficient (Wildman–Crippen LogP) is 5.30. The highest BCUT2D eigenvalue weighted by Crippen LogP contribution is 2.30. The van der Waals surface area contributed by atoms with Crippen LogP contribution in [0.1, 0.15) is 0 Å². The normalized spacial score (nSPS) is 10.8. The van der Waals surface area contributed by atoms with Gasteiger partial charge in [-0.25, -0.2) is 4.98 Å². The van der Waals surface area contributed by atoms with Crippen LogP contribution in [0.5, 0.6) is 5.75 Å². The Hall–Kier alpha value is -3.05. The van der Waals surface area contributed by atoms with Crippen molar-refractivity contribution >= 4 is 34.0 Å². The maximum absolute atomic E-state index is 6.08. The molecule has 0 aliphatic rings. The number of ether oxygens (including phenoxy) is 1. The molecule has 4 rings (SSSR count). The zero-order valence-corrected chi connectivity index (χ0v) is 14.1. The molecule has 124 valence electrons. The van der Waals surface area contributed by atoms with E-state index in [-0.39, 0.29) is 5.28 Å². The maximum atomic E-state index is 6.08. The number of nitrogens with zero attached hydrogens (tertiary/aromatic N) is 2. The molecule has 5 nitrogen and oxygen atoms in total. The molecule has 6 heteroatoms. The lowest BCUT2D eigenvalue weighted by molar-refractivity contribution is 0.415. The molecule has 0 fully saturated rings. The van der Waals surface area contributed by atoms with Gasteiger partial charge in [-0.1, -0.05) is 0 Å². The quantitative estimate of drug-likeness (QED) is 0.506. The van der Waals surface area contributed by atoms with Crippen LogP contribution in [0.4, 0.5) is 11.5 Å². The van der Waals surface area contributed by atoms with E-state index in [1.165, 1.54) is 0 Å². The van der Waals surface area contributed by atoms with Gasteiger partial charge in [-0.2, -0.15) is 4.98 Å². The summed E-state index contributed by atoms with van der Waals surface area (Å²) in [7, 11) is 1.64. The molecule has 4 aromatic rings. The molecule has 0 radical (unpaired) electrons. The van der Waals surface area contributed by atoms with E-state index in [0.717, 1.165) is 33.7 Å². The number of benzene rings is 2. The van der Waals surface area contributed by atoms with Gasteiger partial charge in [0.2, 0.25) is 5.28 Å². The molecule has 0 aliphatic heterocycles. The number of fused-ring (bicyclic) bond motifs is 1. The lowest BCUT2D eigenvalue weighted by atomic mass is 10.1. The van der Waals surface area contributed by atoms with E-state index in [1.807, 2.05) is 54.6 Å². The number of rotatable bonds is 4. The van der Waals surface area contributed by atoms with Gasteiger partial charge < -0.3 is 14.5 Å². The summed E-state index contributed by atoms with van der Waals surface area (Å²) in [5, 5.41) is 4.33. The van der Waals surface area contributed by atoms with Crippen molar-refractivity contribution < 1.29 is 9.15 Å². The van der Waals surface area contributed by atoms with Crippen LogP contribution < -0.4 is 10.1 Å². The molecule has 25 heavy (non-hydrogen) atoms. The van der Waals surface area contributed by atoms with Crippen molar-refractivity contribution in [1.29, 1.82) is 0 Å². The zero-order valence-electron chi connectivity index (χ0n) is 13.4. The first kappa shape index (κ1) is 15.5. The molecule has 0 aliphatic carbocycles. The first-order chi connectivity index (χ1) is 12.2. The predicted molar refractivity (Wildman–Crippen MR) is 98.5 cm³/mol. The third kappa shape index (κ3) is 3.14. The minimum Gasteiger partial charge on any atom is -0.497 e. The van der Waals surface area contributed by atoms with Gasteiger partial charge in [-0.3, -0.25) is 0 Å². The average Bonchev–Trinajstić information content (AvgIpc) is 3.17. The summed E-state index contributed by atoms with van der Waals surface area (Å²) in [4.78, 5) is 8.63. The van der Waals surface area contributed by atoms with Gasteiger partial charge >= 0.3 is 0 Å². The molecular weight excluding hydrogens is 338 g/mol. The molecule has 2 aromatic carbocycles. The van der Waals surface area contributed by atoms with Gasteiger partial charge in [-0.15, -0.1) is 0 Å². The Labute approximate surface area is 149 Å². The Morgan fingerprint density at radius 3 is 2.60 bits per heavy atom. The zero-order chi connectivity index (χ0) is 17.2. The molecule has 0 spiro atoms. The number of methoxy groups -OCH3 is 1. The van der Waals surface area contributed by atoms with Crippen molar-refractivity contribution in [3.63, 3.8) is 0 Å². The summed E-state index contributed by atoms with van der Waals surface area (Å²) >= 11 is 6.08. The molecule has 0 bridgehead atoms. The molecule has 0 saturated carbocycles. The van der Waals surface area contributed by atoms with E-state index < -0.39 is 0 Å². The van der Waals surface area contributed by atoms with Crippen LogP contribution in [-0.4, -0.2) is 17.1 Å². The van der Waals surface area contributed by atoms with Crippen LogP contribution in [-0.2, 0) is 0 Å². The van der Waals surface area contributed by atoms with Crippen LogP contribution in [0.3, 0.4) is 0 Å². The average molecular weight is 352 g/mol. The first-order valence-electron chi connectivity index (χ1n) is 7.65. The largest absolute Gasteiger partial charge is 0.497 e. The van der Waals surface area contributed by atoms with E-state index in [2.05, 4.69) is 15.3 Å². The molecule has 0 amide bonds. The third-order valence-electron chi connectivity index (χ3n) is 3.83. The minimum atomic E-state index is 0.189. The van der Waals surface area contributed by atoms with Gasteiger partial charge in [-0.05, 0) is 66.2 Å². The van der Waals surface area contributed by atoms with Gasteiger partial charge in [0, 0.05) is 16.6 Å². The fourth-order valence-corrected chi connectivity index (χ4v) is 2.78. The Kier molecular flexibility index (Phi) is 3.99. The number of hydrogen-bond acceptors (Lipinski definition) is 5. The fourth-order valence-electron chi connectivity index (χ4n) is 2.60. The molecule has 2 aromatic heterocycles. The van der Waals surface area contributed by atoms with E-state index in [0.29, 0.717) is 5.82 Å². The Bertz CT molecular complexity index is 1010. The molecular formula is C19H14ClN3O2. The Morgan fingerprint density at radius 2 is 1.88 bits per heavy atom. The van der Waals surface area contributed by atoms with Gasteiger partial charge in [0.05, 0.1) is 18.9 Å². The summed E-state index contributed by atoms with van der Waals surface area (Å²) < 4.78 is 10.7. The molecule has 0 unspecified atom stereocenters. The number of hydrogen-bond donors (Lipinski definition) is 1. The van der Waals surface area contributed by atoms with Crippen molar-refractivity contribution in [2.24, 2.45) is 0 Å². The number of aromatic nitrogens is 2. The summed E-state index contributed by atoms with van der Waals surface area (Å²) in [6.45, 7) is 0. The second-order valence-corrected chi connectivity index (χ2v) is 5.74. The Morgan fingerprint density at radius 1 is 1.04 bits per heavy atom. The van der Waals surface area contributed by atoms with Crippen LogP contribution in [0.15, 0.2) is 65.3 Å². The smallest absolute Gasteiger partial charge is 0.224 e. The summed E-state index contributed by atoms with van der Waals surface area (Å²) in [5.74, 6) is 2.21. The maximum Gasteiger partial charge on any atom is 0.224 e. The van der Waals surface area contributed by atoms with Gasteiger partial charge in [0.15, 0.2) is 0 Å². The lowest BCUT2D eigenvalue weighted by Crippen LogP contribution is -1.97. The van der Waals surface area contributed by atoms with Crippen LogP contribution >= 0.6 is 11.6 Å². The second kappa shape index (κ2) is 6.45. The second-order valence-electron chi connectivity index (χ2n) is 5.40. The number of nitrogens with one attached hydrogen (secondary N) is 1. The highest BCUT2D eigenvalue weighted by Gasteiger charge is 2.10. The topological polar surface area (TPSA) is 60.2 Å². The summed E-state index contributed by atoms with van der Waals surface area (Å²) in [6.07, 6.45) is 1.65. The molecule has 1 N–H and O–H groups in total. The number of anilines is 2. The molecule has 2 heterocycles. The first-order valence-corrected chi connectivity index (χ1v) is 8.03. The Balaban J connectivity index is 1.79. The fraction of sp³-hybridized carbons (Fsp3) is 0.0526. The summed E-state index contributed by atoms with van der Waals surface area (Å²) in [6, 6.07) is 17.2. The highest BCUT2D eigenvalue weighted by atomic mass is 35.5. The highest BCUT2D eigenvalue weighted by molar-refractivity contribution is 6.28. The van der Waals surface area contributed by atoms with Gasteiger partial charge in [0.1, 0.15) is 17.3 Å². The lowest BCUT2D eigenvalue weighted by Gasteiger charge is -2.10. The van der Waals surface area contributed by atoms with E-state index in [4.69, 9.17) is 20.8 Å². The van der Waals surface area contributed by atoms with Crippen LogP contribution in [0.25, 0.3) is 22.2 Å². The number of furan rings is 1. The summed E-state index contributed by atoms with van der Waals surface area (Å²) in [5.41, 5.74) is 2.58. The molecule has 0 saturated heterocycles. The standard InChI is InChI=1S/C19H14ClN3O2/c1-24-14-7-5-13(6-8-14)21-18-15-11-12(17-3-2-10-25-17)4-9-16(15)22-19(20)23-18/h2-11H,1H3,(H,21,22,23).